The molecular formula is C24H29ClFN5O. The summed E-state index contributed by atoms with van der Waals surface area (Å²) in [7, 11) is 0. The van der Waals surface area contributed by atoms with Crippen LogP contribution in [0, 0.1) is 11.2 Å². The summed E-state index contributed by atoms with van der Waals surface area (Å²) >= 11 is 5.88. The molecule has 0 bridgehead atoms. The van der Waals surface area contributed by atoms with Crippen LogP contribution in [0.15, 0.2) is 36.4 Å². The fourth-order valence-corrected chi connectivity index (χ4v) is 4.62. The van der Waals surface area contributed by atoms with Gasteiger partial charge in [0.1, 0.15) is 5.82 Å². The maximum absolute atomic E-state index is 14.4. The smallest absolute Gasteiger partial charge is 0.239 e. The van der Waals surface area contributed by atoms with Crippen LogP contribution in [0.25, 0.3) is 0 Å². The molecule has 170 valence electrons. The molecule has 0 unspecified atom stereocenters. The molecule has 2 aliphatic heterocycles. The summed E-state index contributed by atoms with van der Waals surface area (Å²) in [6, 6.07) is 10.2. The molecule has 32 heavy (non-hydrogen) atoms. The van der Waals surface area contributed by atoms with Crippen molar-refractivity contribution in [3.05, 3.63) is 58.4 Å². The maximum atomic E-state index is 14.4. The second kappa shape index (κ2) is 9.88. The second-order valence-corrected chi connectivity index (χ2v) is 8.85. The third-order valence-corrected chi connectivity index (χ3v) is 6.54. The lowest BCUT2D eigenvalue weighted by Crippen LogP contribution is -2.53. The van der Waals surface area contributed by atoms with E-state index in [4.69, 9.17) is 17.0 Å². The van der Waals surface area contributed by atoms with E-state index >= 15 is 0 Å². The first-order valence-electron chi connectivity index (χ1n) is 11.1. The summed E-state index contributed by atoms with van der Waals surface area (Å²) in [5.74, 6) is -0.148. The SMILES string of the molecule is C[C@@H](Nc1cc(N2CCN(C(=O)[C@H]3CCCN3)CC2)ccc1C=N)c1ccc(Cl)cc1F. The van der Waals surface area contributed by atoms with E-state index in [1.165, 1.54) is 12.3 Å². The molecule has 0 aromatic heterocycles. The van der Waals surface area contributed by atoms with Crippen molar-refractivity contribution in [1.82, 2.24) is 10.2 Å². The lowest BCUT2D eigenvalue weighted by molar-refractivity contribution is -0.133. The number of amides is 1. The van der Waals surface area contributed by atoms with Gasteiger partial charge in [0, 0.05) is 59.9 Å². The lowest BCUT2D eigenvalue weighted by Gasteiger charge is -2.37. The molecule has 3 N–H and O–H groups in total. The number of piperazine rings is 1. The zero-order chi connectivity index (χ0) is 22.7. The number of carbonyl (C=O) groups is 1. The molecule has 2 aromatic rings. The molecule has 6 nitrogen and oxygen atoms in total. The van der Waals surface area contributed by atoms with Gasteiger partial charge in [0.15, 0.2) is 0 Å². The van der Waals surface area contributed by atoms with E-state index in [0.717, 1.165) is 49.4 Å². The summed E-state index contributed by atoms with van der Waals surface area (Å²) in [5.41, 5.74) is 3.04. The van der Waals surface area contributed by atoms with Crippen LogP contribution in [-0.2, 0) is 4.79 Å². The Morgan fingerprint density at radius 3 is 2.69 bits per heavy atom. The number of anilines is 2. The van der Waals surface area contributed by atoms with Crippen molar-refractivity contribution in [3.8, 4) is 0 Å². The average molecular weight is 458 g/mol. The van der Waals surface area contributed by atoms with Crippen molar-refractivity contribution in [2.45, 2.75) is 31.8 Å². The minimum Gasteiger partial charge on any atom is -0.378 e. The Bertz CT molecular complexity index is 986. The Labute approximate surface area is 193 Å². The van der Waals surface area contributed by atoms with Crippen molar-refractivity contribution in [3.63, 3.8) is 0 Å². The normalized spacial score (nSPS) is 19.7. The Balaban J connectivity index is 1.45. The van der Waals surface area contributed by atoms with Crippen molar-refractivity contribution in [1.29, 1.82) is 5.41 Å². The lowest BCUT2D eigenvalue weighted by atomic mass is 10.1. The summed E-state index contributed by atoms with van der Waals surface area (Å²) in [5, 5.41) is 14.8. The topological polar surface area (TPSA) is 71.5 Å². The van der Waals surface area contributed by atoms with Crippen molar-refractivity contribution in [2.75, 3.05) is 42.9 Å². The van der Waals surface area contributed by atoms with Gasteiger partial charge >= 0.3 is 0 Å². The Kier molecular flexibility index (Phi) is 6.96. The van der Waals surface area contributed by atoms with Gasteiger partial charge in [-0.1, -0.05) is 17.7 Å². The zero-order valence-electron chi connectivity index (χ0n) is 18.2. The summed E-state index contributed by atoms with van der Waals surface area (Å²) < 4.78 is 14.4. The molecule has 0 spiro atoms. The number of nitrogens with one attached hydrogen (secondary N) is 3. The van der Waals surface area contributed by atoms with E-state index in [0.29, 0.717) is 23.7 Å². The molecule has 0 radical (unpaired) electrons. The molecule has 2 fully saturated rings. The van der Waals surface area contributed by atoms with E-state index in [1.807, 2.05) is 30.0 Å². The van der Waals surface area contributed by atoms with Gasteiger partial charge in [0.2, 0.25) is 5.91 Å². The van der Waals surface area contributed by atoms with E-state index in [1.54, 1.807) is 12.1 Å². The van der Waals surface area contributed by atoms with Gasteiger partial charge in [0.25, 0.3) is 0 Å². The van der Waals surface area contributed by atoms with Crippen LogP contribution < -0.4 is 15.5 Å². The zero-order valence-corrected chi connectivity index (χ0v) is 19.0. The number of nitrogens with zero attached hydrogens (tertiary/aromatic N) is 2. The van der Waals surface area contributed by atoms with Crippen molar-refractivity contribution >= 4 is 35.1 Å². The minimum atomic E-state index is -0.359. The first-order valence-corrected chi connectivity index (χ1v) is 11.5. The number of rotatable bonds is 6. The highest BCUT2D eigenvalue weighted by Crippen LogP contribution is 2.29. The predicted octanol–water partition coefficient (Wildman–Crippen LogP) is 4.05. The van der Waals surface area contributed by atoms with Crippen LogP contribution in [-0.4, -0.2) is 55.8 Å². The van der Waals surface area contributed by atoms with Crippen LogP contribution in [0.4, 0.5) is 15.8 Å². The minimum absolute atomic E-state index is 0.0287. The maximum Gasteiger partial charge on any atom is 0.239 e. The molecule has 1 amide bonds. The fraction of sp³-hybridized carbons (Fsp3) is 0.417. The van der Waals surface area contributed by atoms with Crippen LogP contribution in [0.5, 0.6) is 0 Å². The van der Waals surface area contributed by atoms with Crippen LogP contribution in [0.3, 0.4) is 0 Å². The van der Waals surface area contributed by atoms with Crippen molar-refractivity contribution < 1.29 is 9.18 Å². The highest BCUT2D eigenvalue weighted by atomic mass is 35.5. The Morgan fingerprint density at radius 1 is 1.25 bits per heavy atom. The second-order valence-electron chi connectivity index (χ2n) is 8.41. The largest absolute Gasteiger partial charge is 0.378 e. The van der Waals surface area contributed by atoms with E-state index in [9.17, 15) is 9.18 Å². The third kappa shape index (κ3) is 4.89. The summed E-state index contributed by atoms with van der Waals surface area (Å²) in [4.78, 5) is 16.9. The number of hydrogen-bond acceptors (Lipinski definition) is 5. The highest BCUT2D eigenvalue weighted by Gasteiger charge is 2.29. The van der Waals surface area contributed by atoms with Gasteiger partial charge in [-0.15, -0.1) is 0 Å². The first kappa shape index (κ1) is 22.6. The molecule has 0 aliphatic carbocycles. The molecule has 0 saturated carbocycles. The number of hydrogen-bond donors (Lipinski definition) is 3. The number of halogens is 2. The van der Waals surface area contributed by atoms with E-state index in [-0.39, 0.29) is 23.8 Å². The quantitative estimate of drug-likeness (QED) is 0.572. The molecule has 2 aliphatic rings. The summed E-state index contributed by atoms with van der Waals surface area (Å²) in [6.07, 6.45) is 3.28. The molecule has 4 rings (SSSR count). The number of carbonyl (C=O) groups excluding carboxylic acids is 1. The van der Waals surface area contributed by atoms with Crippen molar-refractivity contribution in [2.24, 2.45) is 0 Å². The van der Waals surface area contributed by atoms with E-state index in [2.05, 4.69) is 15.5 Å². The summed E-state index contributed by atoms with van der Waals surface area (Å²) in [6.45, 7) is 5.70. The highest BCUT2D eigenvalue weighted by molar-refractivity contribution is 6.30. The molecule has 2 atom stereocenters. The molecule has 2 saturated heterocycles. The average Bonchev–Trinajstić information content (AvgIpc) is 3.33. The molecule has 8 heteroatoms. The van der Waals surface area contributed by atoms with Gasteiger partial charge in [0.05, 0.1) is 12.1 Å². The van der Waals surface area contributed by atoms with Gasteiger partial charge in [-0.05, 0) is 56.6 Å². The van der Waals surface area contributed by atoms with Gasteiger partial charge < -0.3 is 25.8 Å². The van der Waals surface area contributed by atoms with Gasteiger partial charge in [-0.2, -0.15) is 0 Å². The monoisotopic (exact) mass is 457 g/mol. The Hall–Kier alpha value is -2.64. The molecular weight excluding hydrogens is 429 g/mol. The fourth-order valence-electron chi connectivity index (χ4n) is 4.46. The van der Waals surface area contributed by atoms with Gasteiger partial charge in [-0.3, -0.25) is 4.79 Å². The number of benzene rings is 2. The van der Waals surface area contributed by atoms with E-state index < -0.39 is 0 Å². The Morgan fingerprint density at radius 2 is 2.03 bits per heavy atom. The molecule has 2 aromatic carbocycles. The first-order chi connectivity index (χ1) is 15.5. The van der Waals surface area contributed by atoms with Crippen LogP contribution in [0.1, 0.15) is 36.9 Å². The third-order valence-electron chi connectivity index (χ3n) is 6.31. The standard InChI is InChI=1S/C24H29ClFN5O/c1-16(20-7-5-18(25)13-21(20)26)29-23-14-19(6-4-17(23)15-27)30-9-11-31(12-10-30)24(32)22-3-2-8-28-22/h4-7,13-16,22,27-29H,2-3,8-12H2,1H3/t16-,22-/m1/s1. The van der Waals surface area contributed by atoms with Gasteiger partial charge in [-0.25, -0.2) is 4.39 Å². The predicted molar refractivity (Wildman–Crippen MR) is 128 cm³/mol. The van der Waals surface area contributed by atoms with Crippen LogP contribution in [0.2, 0.25) is 5.02 Å². The molecule has 2 heterocycles. The van der Waals surface area contributed by atoms with Crippen LogP contribution >= 0.6 is 11.6 Å².